The van der Waals surface area contributed by atoms with Crippen molar-refractivity contribution < 1.29 is 4.39 Å². The molecule has 2 N–H and O–H groups in total. The molecule has 0 aromatic heterocycles. The third kappa shape index (κ3) is 5.56. The van der Waals surface area contributed by atoms with Gasteiger partial charge in [-0.15, -0.1) is 0 Å². The lowest BCUT2D eigenvalue weighted by Gasteiger charge is -2.15. The van der Waals surface area contributed by atoms with Crippen LogP contribution in [0, 0.1) is 5.82 Å². The van der Waals surface area contributed by atoms with Gasteiger partial charge in [-0.2, -0.15) is 0 Å². The first kappa shape index (κ1) is 18.4. The second-order valence-electron chi connectivity index (χ2n) is 6.71. The van der Waals surface area contributed by atoms with E-state index in [0.717, 1.165) is 18.1 Å². The molecule has 4 nitrogen and oxygen atoms in total. The summed E-state index contributed by atoms with van der Waals surface area (Å²) >= 11 is 0. The summed E-state index contributed by atoms with van der Waals surface area (Å²) in [7, 11) is 1.75. The zero-order valence-corrected chi connectivity index (χ0v) is 15.3. The maximum absolute atomic E-state index is 12.9. The number of hydrogen-bond donors (Lipinski definition) is 2. The van der Waals surface area contributed by atoms with Gasteiger partial charge in [-0.25, -0.2) is 4.39 Å². The average Bonchev–Trinajstić information content (AvgIpc) is 3.17. The van der Waals surface area contributed by atoms with Gasteiger partial charge in [0, 0.05) is 26.7 Å². The molecular weight excluding hydrogens is 327 g/mol. The van der Waals surface area contributed by atoms with E-state index < -0.39 is 0 Å². The predicted molar refractivity (Wildman–Crippen MR) is 104 cm³/mol. The van der Waals surface area contributed by atoms with Gasteiger partial charge in [0.25, 0.3) is 0 Å². The van der Waals surface area contributed by atoms with E-state index in [2.05, 4.69) is 44.8 Å². The molecule has 0 atom stereocenters. The summed E-state index contributed by atoms with van der Waals surface area (Å²) in [5, 5.41) is 6.56. The Labute approximate surface area is 155 Å². The lowest BCUT2D eigenvalue weighted by Crippen LogP contribution is -2.36. The minimum atomic E-state index is -0.218. The van der Waals surface area contributed by atoms with Gasteiger partial charge in [0.05, 0.1) is 0 Å². The quantitative estimate of drug-likeness (QED) is 0.618. The zero-order chi connectivity index (χ0) is 18.2. The second-order valence-corrected chi connectivity index (χ2v) is 6.71. The Morgan fingerprint density at radius 2 is 1.38 bits per heavy atom. The monoisotopic (exact) mass is 354 g/mol. The molecule has 0 unspecified atom stereocenters. The Morgan fingerprint density at radius 3 is 1.92 bits per heavy atom. The van der Waals surface area contributed by atoms with Gasteiger partial charge in [0.1, 0.15) is 5.82 Å². The fraction of sp³-hybridized carbons (Fsp3) is 0.381. The van der Waals surface area contributed by atoms with Gasteiger partial charge in [0.2, 0.25) is 0 Å². The molecule has 5 heteroatoms. The van der Waals surface area contributed by atoms with Crippen molar-refractivity contribution >= 4 is 5.96 Å². The van der Waals surface area contributed by atoms with E-state index in [1.165, 1.54) is 49.2 Å². The number of guanidine groups is 1. The Bertz CT molecular complexity index is 704. The summed E-state index contributed by atoms with van der Waals surface area (Å²) in [5.74, 6) is 0.514. The van der Waals surface area contributed by atoms with Crippen LogP contribution in [0.25, 0.3) is 0 Å². The van der Waals surface area contributed by atoms with E-state index in [0.29, 0.717) is 13.1 Å². The van der Waals surface area contributed by atoms with Crippen molar-refractivity contribution in [2.24, 2.45) is 4.99 Å². The highest BCUT2D eigenvalue weighted by molar-refractivity contribution is 5.79. The van der Waals surface area contributed by atoms with E-state index in [1.807, 2.05) is 0 Å². The summed E-state index contributed by atoms with van der Waals surface area (Å²) in [6, 6.07) is 15.3. The first-order chi connectivity index (χ1) is 12.7. The number of nitrogens with one attached hydrogen (secondary N) is 2. The van der Waals surface area contributed by atoms with Crippen LogP contribution in [-0.4, -0.2) is 31.0 Å². The molecule has 0 amide bonds. The van der Waals surface area contributed by atoms with Crippen LogP contribution in [0.5, 0.6) is 0 Å². The number of nitrogens with zero attached hydrogens (tertiary/aromatic N) is 2. The molecule has 138 valence electrons. The van der Waals surface area contributed by atoms with Crippen LogP contribution < -0.4 is 10.6 Å². The van der Waals surface area contributed by atoms with Gasteiger partial charge >= 0.3 is 0 Å². The van der Waals surface area contributed by atoms with E-state index in [4.69, 9.17) is 0 Å². The smallest absolute Gasteiger partial charge is 0.191 e. The number of benzene rings is 2. The zero-order valence-electron chi connectivity index (χ0n) is 15.3. The van der Waals surface area contributed by atoms with E-state index >= 15 is 0 Å². The van der Waals surface area contributed by atoms with Crippen LogP contribution in [0.15, 0.2) is 53.5 Å². The Morgan fingerprint density at radius 1 is 0.885 bits per heavy atom. The Balaban J connectivity index is 1.44. The molecule has 2 aromatic carbocycles. The molecular formula is C21H27FN4. The molecule has 0 aliphatic carbocycles. The van der Waals surface area contributed by atoms with Gasteiger partial charge < -0.3 is 10.6 Å². The van der Waals surface area contributed by atoms with Crippen molar-refractivity contribution in [3.63, 3.8) is 0 Å². The van der Waals surface area contributed by atoms with Crippen molar-refractivity contribution in [3.8, 4) is 0 Å². The molecule has 1 fully saturated rings. The van der Waals surface area contributed by atoms with Gasteiger partial charge in [0.15, 0.2) is 5.96 Å². The highest BCUT2D eigenvalue weighted by atomic mass is 19.1. The maximum Gasteiger partial charge on any atom is 0.191 e. The van der Waals surface area contributed by atoms with Gasteiger partial charge in [-0.1, -0.05) is 36.4 Å². The fourth-order valence-electron chi connectivity index (χ4n) is 3.16. The minimum absolute atomic E-state index is 0.218. The Hall–Kier alpha value is -2.40. The normalized spacial score (nSPS) is 15.2. The van der Waals surface area contributed by atoms with E-state index in [-0.39, 0.29) is 5.82 Å². The van der Waals surface area contributed by atoms with Gasteiger partial charge in [-0.3, -0.25) is 9.89 Å². The van der Waals surface area contributed by atoms with Crippen molar-refractivity contribution in [1.29, 1.82) is 0 Å². The molecule has 1 aliphatic rings. The molecule has 1 heterocycles. The largest absolute Gasteiger partial charge is 0.352 e. The van der Waals surface area contributed by atoms with Crippen molar-refractivity contribution in [2.45, 2.75) is 32.5 Å². The third-order valence-corrected chi connectivity index (χ3v) is 4.68. The molecule has 0 radical (unpaired) electrons. The standard InChI is InChI=1S/C21H27FN4/c1-23-21(25-15-18-8-10-20(22)11-9-18)24-14-17-4-6-19(7-5-17)16-26-12-2-3-13-26/h4-11H,2-3,12-16H2,1H3,(H2,23,24,25). The van der Waals surface area contributed by atoms with Crippen LogP contribution in [0.1, 0.15) is 29.5 Å². The second kappa shape index (κ2) is 9.34. The number of aliphatic imine (C=N–C) groups is 1. The highest BCUT2D eigenvalue weighted by Gasteiger charge is 2.11. The summed E-state index contributed by atoms with van der Waals surface area (Å²) in [6.45, 7) is 4.81. The predicted octanol–water partition coefficient (Wildman–Crippen LogP) is 3.29. The van der Waals surface area contributed by atoms with Crippen molar-refractivity contribution in [2.75, 3.05) is 20.1 Å². The number of hydrogen-bond acceptors (Lipinski definition) is 2. The third-order valence-electron chi connectivity index (χ3n) is 4.68. The minimum Gasteiger partial charge on any atom is -0.352 e. The lowest BCUT2D eigenvalue weighted by molar-refractivity contribution is 0.331. The summed E-state index contributed by atoms with van der Waals surface area (Å²) in [4.78, 5) is 6.74. The molecule has 0 saturated carbocycles. The SMILES string of the molecule is CN=C(NCc1ccc(F)cc1)NCc1ccc(CN2CCCC2)cc1. The van der Waals surface area contributed by atoms with Crippen LogP contribution >= 0.6 is 0 Å². The number of halogens is 1. The van der Waals surface area contributed by atoms with Gasteiger partial charge in [-0.05, 0) is 54.8 Å². The molecule has 2 aromatic rings. The lowest BCUT2D eigenvalue weighted by atomic mass is 10.1. The van der Waals surface area contributed by atoms with Crippen LogP contribution in [-0.2, 0) is 19.6 Å². The van der Waals surface area contributed by atoms with Crippen LogP contribution in [0.2, 0.25) is 0 Å². The molecule has 1 aliphatic heterocycles. The maximum atomic E-state index is 12.9. The fourth-order valence-corrected chi connectivity index (χ4v) is 3.16. The first-order valence-corrected chi connectivity index (χ1v) is 9.22. The van der Waals surface area contributed by atoms with E-state index in [1.54, 1.807) is 19.2 Å². The summed E-state index contributed by atoms with van der Waals surface area (Å²) in [5.41, 5.74) is 3.61. The summed E-state index contributed by atoms with van der Waals surface area (Å²) in [6.07, 6.45) is 2.65. The van der Waals surface area contributed by atoms with Crippen LogP contribution in [0.4, 0.5) is 4.39 Å². The average molecular weight is 354 g/mol. The molecule has 0 bridgehead atoms. The molecule has 1 saturated heterocycles. The Kier molecular flexibility index (Phi) is 6.61. The first-order valence-electron chi connectivity index (χ1n) is 9.22. The molecule has 0 spiro atoms. The van der Waals surface area contributed by atoms with Crippen molar-refractivity contribution in [3.05, 3.63) is 71.0 Å². The number of rotatable bonds is 6. The molecule has 26 heavy (non-hydrogen) atoms. The topological polar surface area (TPSA) is 39.7 Å². The highest BCUT2D eigenvalue weighted by Crippen LogP contribution is 2.13. The number of likely N-dealkylation sites (tertiary alicyclic amines) is 1. The molecule has 3 rings (SSSR count). The van der Waals surface area contributed by atoms with E-state index in [9.17, 15) is 4.39 Å². The summed E-state index contributed by atoms with van der Waals surface area (Å²) < 4.78 is 12.9. The van der Waals surface area contributed by atoms with Crippen LogP contribution in [0.3, 0.4) is 0 Å². The van der Waals surface area contributed by atoms with Crippen molar-refractivity contribution in [1.82, 2.24) is 15.5 Å².